The van der Waals surface area contributed by atoms with Crippen LogP contribution in [-0.2, 0) is 9.53 Å². The molecule has 2 aliphatic rings. The minimum atomic E-state index is -0.0194. The van der Waals surface area contributed by atoms with Crippen LogP contribution in [0.4, 0.5) is 0 Å². The lowest BCUT2D eigenvalue weighted by atomic mass is 9.79. The predicted octanol–water partition coefficient (Wildman–Crippen LogP) is 2.25. The zero-order valence-electron chi connectivity index (χ0n) is 7.59. The Labute approximate surface area is 72.6 Å². The number of cyclic esters (lactones) is 1. The number of rotatable bonds is 0. The van der Waals surface area contributed by atoms with Crippen molar-refractivity contribution in [2.45, 2.75) is 33.1 Å². The van der Waals surface area contributed by atoms with E-state index in [0.29, 0.717) is 5.92 Å². The summed E-state index contributed by atoms with van der Waals surface area (Å²) in [4.78, 5) is 11.3. The Morgan fingerprint density at radius 3 is 3.00 bits per heavy atom. The fraction of sp³-hybridized carbons (Fsp3) is 0.700. The molecule has 1 aliphatic carbocycles. The highest BCUT2D eigenvalue weighted by Gasteiger charge is 2.37. The van der Waals surface area contributed by atoms with Gasteiger partial charge in [-0.05, 0) is 37.7 Å². The Balaban J connectivity index is 2.24. The fourth-order valence-corrected chi connectivity index (χ4v) is 2.19. The SMILES string of the molecule is CC1=C2CCC(C)CC2C(=O)O1. The van der Waals surface area contributed by atoms with Crippen molar-refractivity contribution >= 4 is 5.97 Å². The van der Waals surface area contributed by atoms with Crippen molar-refractivity contribution in [1.29, 1.82) is 0 Å². The number of ether oxygens (including phenoxy) is 1. The molecule has 2 atom stereocenters. The van der Waals surface area contributed by atoms with Crippen LogP contribution in [0.5, 0.6) is 0 Å². The minimum Gasteiger partial charge on any atom is -0.431 e. The molecule has 0 aromatic carbocycles. The van der Waals surface area contributed by atoms with Crippen LogP contribution in [0.3, 0.4) is 0 Å². The summed E-state index contributed by atoms with van der Waals surface area (Å²) in [6.45, 7) is 4.11. The number of hydrogen-bond acceptors (Lipinski definition) is 2. The second-order valence-electron chi connectivity index (χ2n) is 3.93. The van der Waals surface area contributed by atoms with E-state index in [0.717, 1.165) is 18.6 Å². The summed E-state index contributed by atoms with van der Waals surface area (Å²) in [7, 11) is 0. The monoisotopic (exact) mass is 166 g/mol. The average Bonchev–Trinajstić information content (AvgIpc) is 2.28. The van der Waals surface area contributed by atoms with Crippen molar-refractivity contribution in [3.05, 3.63) is 11.3 Å². The van der Waals surface area contributed by atoms with E-state index in [-0.39, 0.29) is 11.9 Å². The van der Waals surface area contributed by atoms with Gasteiger partial charge in [0, 0.05) is 0 Å². The molecule has 0 N–H and O–H groups in total. The highest BCUT2D eigenvalue weighted by molar-refractivity contribution is 5.80. The lowest BCUT2D eigenvalue weighted by molar-refractivity contribution is -0.140. The summed E-state index contributed by atoms with van der Waals surface area (Å²) in [6, 6.07) is 0. The molecular formula is C10H14O2. The zero-order chi connectivity index (χ0) is 8.72. The number of fused-ring (bicyclic) bond motifs is 1. The quantitative estimate of drug-likeness (QED) is 0.516. The molecule has 2 nitrogen and oxygen atoms in total. The molecule has 2 unspecified atom stereocenters. The zero-order valence-corrected chi connectivity index (χ0v) is 7.59. The molecule has 12 heavy (non-hydrogen) atoms. The van der Waals surface area contributed by atoms with Crippen LogP contribution < -0.4 is 0 Å². The molecule has 0 saturated heterocycles. The van der Waals surface area contributed by atoms with Gasteiger partial charge in [0.15, 0.2) is 0 Å². The Morgan fingerprint density at radius 1 is 1.50 bits per heavy atom. The first kappa shape index (κ1) is 7.84. The minimum absolute atomic E-state index is 0.0194. The number of carbonyl (C=O) groups is 1. The van der Waals surface area contributed by atoms with E-state index in [2.05, 4.69) is 6.92 Å². The van der Waals surface area contributed by atoms with Gasteiger partial charge < -0.3 is 4.74 Å². The molecule has 0 spiro atoms. The summed E-state index contributed by atoms with van der Waals surface area (Å²) in [5.41, 5.74) is 1.26. The predicted molar refractivity (Wildman–Crippen MR) is 45.3 cm³/mol. The maximum absolute atomic E-state index is 11.3. The Bertz CT molecular complexity index is 253. The summed E-state index contributed by atoms with van der Waals surface area (Å²) in [6.07, 6.45) is 3.26. The molecule has 0 bridgehead atoms. The van der Waals surface area contributed by atoms with E-state index >= 15 is 0 Å². The molecule has 0 aromatic heterocycles. The van der Waals surface area contributed by atoms with Gasteiger partial charge in [0.05, 0.1) is 5.92 Å². The summed E-state index contributed by atoms with van der Waals surface area (Å²) in [5.74, 6) is 1.64. The topological polar surface area (TPSA) is 26.3 Å². The van der Waals surface area contributed by atoms with Crippen LogP contribution in [0.25, 0.3) is 0 Å². The van der Waals surface area contributed by atoms with Crippen LogP contribution in [0.1, 0.15) is 33.1 Å². The van der Waals surface area contributed by atoms with Crippen LogP contribution in [-0.4, -0.2) is 5.97 Å². The van der Waals surface area contributed by atoms with Crippen molar-refractivity contribution < 1.29 is 9.53 Å². The third kappa shape index (κ3) is 1.06. The van der Waals surface area contributed by atoms with Crippen molar-refractivity contribution in [3.63, 3.8) is 0 Å². The van der Waals surface area contributed by atoms with E-state index in [4.69, 9.17) is 4.74 Å². The van der Waals surface area contributed by atoms with Gasteiger partial charge in [0.2, 0.25) is 0 Å². The van der Waals surface area contributed by atoms with E-state index in [1.54, 1.807) is 0 Å². The second kappa shape index (κ2) is 2.61. The third-order valence-electron chi connectivity index (χ3n) is 2.96. The van der Waals surface area contributed by atoms with Crippen LogP contribution >= 0.6 is 0 Å². The molecule has 1 fully saturated rings. The maximum atomic E-state index is 11.3. The van der Waals surface area contributed by atoms with Gasteiger partial charge in [0.25, 0.3) is 0 Å². The Morgan fingerprint density at radius 2 is 2.25 bits per heavy atom. The van der Waals surface area contributed by atoms with E-state index < -0.39 is 0 Å². The smallest absolute Gasteiger partial charge is 0.318 e. The Kier molecular flexibility index (Phi) is 1.71. The molecule has 1 heterocycles. The normalized spacial score (nSPS) is 35.0. The number of hydrogen-bond donors (Lipinski definition) is 0. The van der Waals surface area contributed by atoms with Gasteiger partial charge in [0.1, 0.15) is 5.76 Å². The maximum Gasteiger partial charge on any atom is 0.318 e. The molecule has 2 rings (SSSR count). The van der Waals surface area contributed by atoms with Crippen molar-refractivity contribution in [2.75, 3.05) is 0 Å². The number of carbonyl (C=O) groups excluding carboxylic acids is 1. The van der Waals surface area contributed by atoms with E-state index in [1.807, 2.05) is 6.92 Å². The van der Waals surface area contributed by atoms with E-state index in [9.17, 15) is 4.79 Å². The first-order chi connectivity index (χ1) is 5.68. The summed E-state index contributed by atoms with van der Waals surface area (Å²) in [5, 5.41) is 0. The molecule has 1 saturated carbocycles. The van der Waals surface area contributed by atoms with Crippen molar-refractivity contribution in [1.82, 2.24) is 0 Å². The van der Waals surface area contributed by atoms with Gasteiger partial charge in [-0.3, -0.25) is 4.79 Å². The van der Waals surface area contributed by atoms with Gasteiger partial charge >= 0.3 is 5.97 Å². The molecule has 66 valence electrons. The highest BCUT2D eigenvalue weighted by atomic mass is 16.5. The largest absolute Gasteiger partial charge is 0.431 e. The van der Waals surface area contributed by atoms with Crippen LogP contribution in [0, 0.1) is 11.8 Å². The van der Waals surface area contributed by atoms with Crippen molar-refractivity contribution in [3.8, 4) is 0 Å². The second-order valence-corrected chi connectivity index (χ2v) is 3.93. The van der Waals surface area contributed by atoms with Gasteiger partial charge in [-0.1, -0.05) is 6.92 Å². The van der Waals surface area contributed by atoms with Gasteiger partial charge in [-0.15, -0.1) is 0 Å². The molecule has 0 radical (unpaired) electrons. The van der Waals surface area contributed by atoms with Crippen LogP contribution in [0.2, 0.25) is 0 Å². The van der Waals surface area contributed by atoms with Crippen LogP contribution in [0.15, 0.2) is 11.3 Å². The lowest BCUT2D eigenvalue weighted by Gasteiger charge is -2.22. The molecule has 0 amide bonds. The molecule has 0 aromatic rings. The van der Waals surface area contributed by atoms with Crippen molar-refractivity contribution in [2.24, 2.45) is 11.8 Å². The summed E-state index contributed by atoms with van der Waals surface area (Å²) < 4.78 is 5.10. The highest BCUT2D eigenvalue weighted by Crippen LogP contribution is 2.40. The Hall–Kier alpha value is -0.790. The van der Waals surface area contributed by atoms with Gasteiger partial charge in [-0.25, -0.2) is 0 Å². The van der Waals surface area contributed by atoms with E-state index in [1.165, 1.54) is 12.0 Å². The summed E-state index contributed by atoms with van der Waals surface area (Å²) >= 11 is 0. The third-order valence-corrected chi connectivity index (χ3v) is 2.96. The lowest BCUT2D eigenvalue weighted by Crippen LogP contribution is -2.19. The first-order valence-electron chi connectivity index (χ1n) is 4.60. The molecular weight excluding hydrogens is 152 g/mol. The molecule has 1 aliphatic heterocycles. The average molecular weight is 166 g/mol. The molecule has 2 heteroatoms. The standard InChI is InChI=1S/C10H14O2/c1-6-3-4-8-7(2)12-10(11)9(8)5-6/h6,9H,3-5H2,1-2H3. The van der Waals surface area contributed by atoms with Gasteiger partial charge in [-0.2, -0.15) is 0 Å². The number of allylic oxidation sites excluding steroid dienone is 1. The number of esters is 1. The first-order valence-corrected chi connectivity index (χ1v) is 4.60. The fourth-order valence-electron chi connectivity index (χ4n) is 2.19.